The van der Waals surface area contributed by atoms with Gasteiger partial charge in [-0.1, -0.05) is 6.92 Å². The van der Waals surface area contributed by atoms with E-state index in [1.807, 2.05) is 4.90 Å². The van der Waals surface area contributed by atoms with Crippen molar-refractivity contribution in [2.75, 3.05) is 38.7 Å². The minimum absolute atomic E-state index is 0.0278. The molecule has 1 unspecified atom stereocenters. The normalized spacial score (nSPS) is 18.9. The van der Waals surface area contributed by atoms with Gasteiger partial charge in [-0.3, -0.25) is 4.79 Å². The summed E-state index contributed by atoms with van der Waals surface area (Å²) in [6.45, 7) is 5.07. The van der Waals surface area contributed by atoms with Gasteiger partial charge in [0, 0.05) is 39.1 Å². The van der Waals surface area contributed by atoms with E-state index in [4.69, 9.17) is 4.74 Å². The minimum atomic E-state index is 0.0278. The van der Waals surface area contributed by atoms with Gasteiger partial charge in [-0.05, 0) is 18.8 Å². The smallest absolute Gasteiger partial charge is 0.257 e. The number of nitrogens with zero attached hydrogens (tertiary/aromatic N) is 3. The van der Waals surface area contributed by atoms with E-state index in [-0.39, 0.29) is 5.91 Å². The molecule has 1 fully saturated rings. The molecule has 2 rings (SSSR count). The van der Waals surface area contributed by atoms with Crippen molar-refractivity contribution in [1.82, 2.24) is 14.9 Å². The van der Waals surface area contributed by atoms with Crippen LogP contribution in [0.3, 0.4) is 0 Å². The first kappa shape index (κ1) is 14.7. The van der Waals surface area contributed by atoms with Crippen LogP contribution in [0.25, 0.3) is 0 Å². The number of methoxy groups -OCH3 is 1. The third-order valence-electron chi connectivity index (χ3n) is 3.43. The van der Waals surface area contributed by atoms with Crippen LogP contribution in [0.15, 0.2) is 12.4 Å². The summed E-state index contributed by atoms with van der Waals surface area (Å²) in [5, 5.41) is 3.03. The molecule has 0 aliphatic carbocycles. The van der Waals surface area contributed by atoms with Gasteiger partial charge in [0.2, 0.25) is 5.95 Å². The molecule has 1 aromatic heterocycles. The molecule has 1 N–H and O–H groups in total. The molecule has 1 aromatic rings. The Bertz CT molecular complexity index is 435. The monoisotopic (exact) mass is 278 g/mol. The Morgan fingerprint density at radius 2 is 2.25 bits per heavy atom. The second kappa shape index (κ2) is 7.19. The largest absolute Gasteiger partial charge is 0.383 e. The van der Waals surface area contributed by atoms with Gasteiger partial charge < -0.3 is 15.0 Å². The van der Waals surface area contributed by atoms with Crippen LogP contribution >= 0.6 is 0 Å². The van der Waals surface area contributed by atoms with Gasteiger partial charge in [0.15, 0.2) is 0 Å². The van der Waals surface area contributed by atoms with Crippen molar-refractivity contribution < 1.29 is 9.53 Å². The molecule has 2 heterocycles. The molecule has 0 saturated carbocycles. The number of carbonyl (C=O) groups is 1. The highest BCUT2D eigenvalue weighted by atomic mass is 16.5. The second-order valence-corrected chi connectivity index (χ2v) is 5.21. The van der Waals surface area contributed by atoms with Gasteiger partial charge >= 0.3 is 0 Å². The molecule has 1 atom stereocenters. The molecule has 0 aromatic carbocycles. The quantitative estimate of drug-likeness (QED) is 0.825. The van der Waals surface area contributed by atoms with Crippen LogP contribution in [0, 0.1) is 5.92 Å². The van der Waals surface area contributed by atoms with Crippen molar-refractivity contribution in [3.8, 4) is 0 Å². The summed E-state index contributed by atoms with van der Waals surface area (Å²) < 4.78 is 4.94. The van der Waals surface area contributed by atoms with E-state index in [2.05, 4.69) is 22.2 Å². The van der Waals surface area contributed by atoms with E-state index >= 15 is 0 Å². The zero-order valence-electron chi connectivity index (χ0n) is 12.1. The van der Waals surface area contributed by atoms with Crippen LogP contribution in [0.5, 0.6) is 0 Å². The van der Waals surface area contributed by atoms with Gasteiger partial charge in [0.05, 0.1) is 12.2 Å². The number of carbonyl (C=O) groups excluding carboxylic acids is 1. The summed E-state index contributed by atoms with van der Waals surface area (Å²) in [6, 6.07) is 0. The summed E-state index contributed by atoms with van der Waals surface area (Å²) in [4.78, 5) is 22.5. The third kappa shape index (κ3) is 3.90. The molecule has 1 saturated heterocycles. The van der Waals surface area contributed by atoms with Gasteiger partial charge in [-0.15, -0.1) is 0 Å². The maximum Gasteiger partial charge on any atom is 0.257 e. The van der Waals surface area contributed by atoms with Crippen molar-refractivity contribution in [3.63, 3.8) is 0 Å². The van der Waals surface area contributed by atoms with E-state index in [0.29, 0.717) is 30.6 Å². The molecule has 1 aliphatic heterocycles. The molecule has 1 amide bonds. The van der Waals surface area contributed by atoms with Crippen LogP contribution in [0.2, 0.25) is 0 Å². The maximum atomic E-state index is 12.3. The number of piperidine rings is 1. The van der Waals surface area contributed by atoms with Crippen molar-refractivity contribution in [2.24, 2.45) is 5.92 Å². The van der Waals surface area contributed by atoms with Crippen LogP contribution in [-0.4, -0.2) is 54.1 Å². The Balaban J connectivity index is 1.93. The molecular formula is C14H22N4O2. The number of rotatable bonds is 5. The maximum absolute atomic E-state index is 12.3. The zero-order chi connectivity index (χ0) is 14.4. The summed E-state index contributed by atoms with van der Waals surface area (Å²) in [5.74, 6) is 1.12. The molecule has 20 heavy (non-hydrogen) atoms. The fourth-order valence-corrected chi connectivity index (χ4v) is 2.35. The predicted octanol–water partition coefficient (Wildman–Crippen LogP) is 1.41. The lowest BCUT2D eigenvalue weighted by molar-refractivity contribution is 0.0682. The Morgan fingerprint density at radius 3 is 2.90 bits per heavy atom. The molecule has 1 aliphatic rings. The number of nitrogens with one attached hydrogen (secondary N) is 1. The SMILES string of the molecule is COCCNc1ncc(C(=O)N2CCCC(C)C2)cn1. The number of likely N-dealkylation sites (tertiary alicyclic amines) is 1. The summed E-state index contributed by atoms with van der Waals surface area (Å²) in [7, 11) is 1.64. The van der Waals surface area contributed by atoms with E-state index in [0.717, 1.165) is 19.5 Å². The molecule has 110 valence electrons. The zero-order valence-corrected chi connectivity index (χ0v) is 12.1. The number of hydrogen-bond donors (Lipinski definition) is 1. The summed E-state index contributed by atoms with van der Waals surface area (Å²) in [6.07, 6.45) is 5.44. The van der Waals surface area contributed by atoms with Crippen LogP contribution in [0.4, 0.5) is 5.95 Å². The lowest BCUT2D eigenvalue weighted by Crippen LogP contribution is -2.39. The standard InChI is InChI=1S/C14H22N4O2/c1-11-4-3-6-18(10-11)13(19)12-8-16-14(17-9-12)15-5-7-20-2/h8-9,11H,3-7,10H2,1-2H3,(H,15,16,17). The van der Waals surface area contributed by atoms with Crippen LogP contribution in [-0.2, 0) is 4.74 Å². The predicted molar refractivity (Wildman–Crippen MR) is 76.7 cm³/mol. The van der Waals surface area contributed by atoms with Gasteiger partial charge in [-0.25, -0.2) is 9.97 Å². The van der Waals surface area contributed by atoms with Gasteiger partial charge in [-0.2, -0.15) is 0 Å². The molecule has 0 radical (unpaired) electrons. The average Bonchev–Trinajstić information content (AvgIpc) is 2.47. The summed E-state index contributed by atoms with van der Waals surface area (Å²) >= 11 is 0. The number of amides is 1. The first-order valence-corrected chi connectivity index (χ1v) is 7.05. The van der Waals surface area contributed by atoms with Gasteiger partial charge in [0.1, 0.15) is 0 Å². The van der Waals surface area contributed by atoms with Gasteiger partial charge in [0.25, 0.3) is 5.91 Å². The van der Waals surface area contributed by atoms with Crippen molar-refractivity contribution in [3.05, 3.63) is 18.0 Å². The first-order valence-electron chi connectivity index (χ1n) is 7.05. The first-order chi connectivity index (χ1) is 9.70. The molecular weight excluding hydrogens is 256 g/mol. The van der Waals surface area contributed by atoms with Crippen LogP contribution in [0.1, 0.15) is 30.1 Å². The molecule has 0 bridgehead atoms. The lowest BCUT2D eigenvalue weighted by Gasteiger charge is -2.30. The van der Waals surface area contributed by atoms with Crippen molar-refractivity contribution >= 4 is 11.9 Å². The topological polar surface area (TPSA) is 67.3 Å². The highest BCUT2D eigenvalue weighted by Gasteiger charge is 2.22. The highest BCUT2D eigenvalue weighted by Crippen LogP contribution is 2.17. The molecule has 0 spiro atoms. The van der Waals surface area contributed by atoms with E-state index in [1.54, 1.807) is 19.5 Å². The third-order valence-corrected chi connectivity index (χ3v) is 3.43. The average molecular weight is 278 g/mol. The van der Waals surface area contributed by atoms with Crippen molar-refractivity contribution in [2.45, 2.75) is 19.8 Å². The lowest BCUT2D eigenvalue weighted by atomic mass is 10.00. The Morgan fingerprint density at radius 1 is 1.50 bits per heavy atom. The summed E-state index contributed by atoms with van der Waals surface area (Å²) in [5.41, 5.74) is 0.552. The highest BCUT2D eigenvalue weighted by molar-refractivity contribution is 5.93. The fourth-order valence-electron chi connectivity index (χ4n) is 2.35. The van der Waals surface area contributed by atoms with Crippen molar-refractivity contribution in [1.29, 1.82) is 0 Å². The Hall–Kier alpha value is -1.69. The van der Waals surface area contributed by atoms with E-state index in [9.17, 15) is 4.79 Å². The number of anilines is 1. The molecule has 6 heteroatoms. The van der Waals surface area contributed by atoms with E-state index < -0.39 is 0 Å². The number of ether oxygens (including phenoxy) is 1. The van der Waals surface area contributed by atoms with E-state index in [1.165, 1.54) is 6.42 Å². The molecule has 6 nitrogen and oxygen atoms in total. The number of aromatic nitrogens is 2. The fraction of sp³-hybridized carbons (Fsp3) is 0.643. The Labute approximate surface area is 119 Å². The number of hydrogen-bond acceptors (Lipinski definition) is 5. The van der Waals surface area contributed by atoms with Crippen LogP contribution < -0.4 is 5.32 Å². The minimum Gasteiger partial charge on any atom is -0.383 e. The second-order valence-electron chi connectivity index (χ2n) is 5.21. The Kier molecular flexibility index (Phi) is 5.29.